The lowest BCUT2D eigenvalue weighted by atomic mass is 9.97. The first-order valence-electron chi connectivity index (χ1n) is 11.7. The van der Waals surface area contributed by atoms with Gasteiger partial charge in [0.1, 0.15) is 0 Å². The highest BCUT2D eigenvalue weighted by Crippen LogP contribution is 2.25. The van der Waals surface area contributed by atoms with Crippen LogP contribution in [0.2, 0.25) is 0 Å². The third kappa shape index (κ3) is 6.44. The molecule has 35 heavy (non-hydrogen) atoms. The van der Waals surface area contributed by atoms with Crippen molar-refractivity contribution >= 4 is 35.0 Å². The van der Waals surface area contributed by atoms with Crippen molar-refractivity contribution in [2.45, 2.75) is 13.3 Å². The maximum Gasteiger partial charge on any atom is 0.243 e. The number of amides is 2. The topological polar surface area (TPSA) is 73.8 Å². The van der Waals surface area contributed by atoms with Gasteiger partial charge in [0, 0.05) is 37.5 Å². The van der Waals surface area contributed by atoms with Gasteiger partial charge in [-0.3, -0.25) is 14.6 Å². The van der Waals surface area contributed by atoms with Gasteiger partial charge in [-0.05, 0) is 47.4 Å². The van der Waals surface area contributed by atoms with Crippen LogP contribution in [0, 0.1) is 0 Å². The van der Waals surface area contributed by atoms with Gasteiger partial charge in [-0.2, -0.15) is 0 Å². The highest BCUT2D eigenvalue weighted by molar-refractivity contribution is 6.14. The fourth-order valence-electron chi connectivity index (χ4n) is 4.07. The summed E-state index contributed by atoms with van der Waals surface area (Å²) in [5.74, 6) is -0.506. The summed E-state index contributed by atoms with van der Waals surface area (Å²) in [6, 6.07) is 24.5. The van der Waals surface area contributed by atoms with Crippen molar-refractivity contribution in [1.29, 1.82) is 0 Å². The van der Waals surface area contributed by atoms with E-state index in [4.69, 9.17) is 4.99 Å². The standard InChI is InChI=1S/C29H30N4O2/c1-21(34)31-20-29(35)32-25-14-12-23(18-22-8-4-3-5-9-22)24(19-25)13-15-27-26-10-6-7-11-28(26)33(2)17-16-30-27/h3-15,19H,16-18,20H2,1-2H3,(H,31,34)(H,32,35)/b15-13+. The molecule has 178 valence electrons. The first kappa shape index (κ1) is 24.0. The van der Waals surface area contributed by atoms with Gasteiger partial charge in [0.05, 0.1) is 18.8 Å². The summed E-state index contributed by atoms with van der Waals surface area (Å²) < 4.78 is 0. The second kappa shape index (κ2) is 11.3. The number of nitrogens with one attached hydrogen (secondary N) is 2. The number of nitrogens with zero attached hydrogens (tertiary/aromatic N) is 2. The highest BCUT2D eigenvalue weighted by atomic mass is 16.2. The van der Waals surface area contributed by atoms with Crippen LogP contribution >= 0.6 is 0 Å². The van der Waals surface area contributed by atoms with Crippen molar-refractivity contribution in [1.82, 2.24) is 5.32 Å². The molecule has 0 radical (unpaired) electrons. The number of hydrogen-bond donors (Lipinski definition) is 2. The Kier molecular flexibility index (Phi) is 7.73. The smallest absolute Gasteiger partial charge is 0.243 e. The molecule has 4 rings (SSSR count). The SMILES string of the molecule is CC(=O)NCC(=O)Nc1ccc(Cc2ccccc2)c(/C=C/C2=NCCN(C)c3ccccc32)c1. The fraction of sp³-hybridized carbons (Fsp3) is 0.207. The largest absolute Gasteiger partial charge is 0.372 e. The number of anilines is 2. The Bertz CT molecular complexity index is 1260. The average molecular weight is 467 g/mol. The lowest BCUT2D eigenvalue weighted by Gasteiger charge is -2.18. The summed E-state index contributed by atoms with van der Waals surface area (Å²) in [6.07, 6.45) is 4.90. The molecule has 0 spiro atoms. The quantitative estimate of drug-likeness (QED) is 0.545. The Balaban J connectivity index is 1.64. The minimum atomic E-state index is -0.268. The van der Waals surface area contributed by atoms with Gasteiger partial charge >= 0.3 is 0 Å². The first-order chi connectivity index (χ1) is 17.0. The molecule has 2 amide bonds. The predicted molar refractivity (Wildman–Crippen MR) is 143 cm³/mol. The van der Waals surface area contributed by atoms with Crippen molar-refractivity contribution < 1.29 is 9.59 Å². The molecule has 1 aliphatic rings. The van der Waals surface area contributed by atoms with Gasteiger partial charge in [-0.25, -0.2) is 0 Å². The van der Waals surface area contributed by atoms with Crippen LogP contribution < -0.4 is 15.5 Å². The Morgan fingerprint density at radius 3 is 2.57 bits per heavy atom. The molecule has 3 aromatic rings. The molecule has 0 atom stereocenters. The third-order valence-corrected chi connectivity index (χ3v) is 5.89. The van der Waals surface area contributed by atoms with E-state index in [0.29, 0.717) is 5.69 Å². The zero-order valence-electron chi connectivity index (χ0n) is 20.1. The summed E-state index contributed by atoms with van der Waals surface area (Å²) in [5.41, 5.74) is 7.25. The van der Waals surface area contributed by atoms with E-state index in [1.165, 1.54) is 12.5 Å². The number of carbonyl (C=O) groups excluding carboxylic acids is 2. The molecule has 2 N–H and O–H groups in total. The molecule has 3 aromatic carbocycles. The van der Waals surface area contributed by atoms with Crippen LogP contribution in [0.1, 0.15) is 29.2 Å². The molecule has 0 aromatic heterocycles. The van der Waals surface area contributed by atoms with E-state index >= 15 is 0 Å². The zero-order chi connectivity index (χ0) is 24.6. The van der Waals surface area contributed by atoms with Crippen LogP contribution in [0.5, 0.6) is 0 Å². The van der Waals surface area contributed by atoms with E-state index in [0.717, 1.165) is 47.6 Å². The number of benzene rings is 3. The maximum absolute atomic E-state index is 12.2. The molecule has 0 unspecified atom stereocenters. The summed E-state index contributed by atoms with van der Waals surface area (Å²) in [5, 5.41) is 5.40. The number of benzodiazepines with no additional fused rings is 1. The summed E-state index contributed by atoms with van der Waals surface area (Å²) >= 11 is 0. The maximum atomic E-state index is 12.2. The van der Waals surface area contributed by atoms with Crippen LogP contribution in [0.4, 0.5) is 11.4 Å². The van der Waals surface area contributed by atoms with E-state index in [1.54, 1.807) is 0 Å². The second-order valence-electron chi connectivity index (χ2n) is 8.57. The Hall–Kier alpha value is -4.19. The van der Waals surface area contributed by atoms with E-state index in [1.807, 2.05) is 48.5 Å². The van der Waals surface area contributed by atoms with Crippen molar-refractivity contribution in [3.63, 3.8) is 0 Å². The van der Waals surface area contributed by atoms with Crippen LogP contribution in [-0.4, -0.2) is 44.2 Å². The van der Waals surface area contributed by atoms with Gasteiger partial charge in [0.2, 0.25) is 11.8 Å². The number of aliphatic imine (C=N–C) groups is 1. The molecule has 6 nitrogen and oxygen atoms in total. The number of allylic oxidation sites excluding steroid dienone is 1. The number of hydrogen-bond acceptors (Lipinski definition) is 4. The molecule has 0 saturated heterocycles. The minimum absolute atomic E-state index is 0.0621. The average Bonchev–Trinajstić information content (AvgIpc) is 3.02. The minimum Gasteiger partial charge on any atom is -0.372 e. The van der Waals surface area contributed by atoms with Gasteiger partial charge in [0.25, 0.3) is 0 Å². The Labute approximate surface area is 206 Å². The second-order valence-corrected chi connectivity index (χ2v) is 8.57. The number of carbonyl (C=O) groups is 2. The van der Waals surface area contributed by atoms with Crippen molar-refractivity contribution in [2.75, 3.05) is 36.9 Å². The van der Waals surface area contributed by atoms with Crippen molar-refractivity contribution in [2.24, 2.45) is 4.99 Å². The highest BCUT2D eigenvalue weighted by Gasteiger charge is 2.14. The van der Waals surface area contributed by atoms with Gasteiger partial charge in [0.15, 0.2) is 0 Å². The molecular weight excluding hydrogens is 436 g/mol. The van der Waals surface area contributed by atoms with E-state index in [2.05, 4.69) is 59.0 Å². The Morgan fingerprint density at radius 2 is 1.77 bits per heavy atom. The molecular formula is C29H30N4O2. The van der Waals surface area contributed by atoms with Crippen LogP contribution in [-0.2, 0) is 16.0 Å². The molecule has 6 heteroatoms. The predicted octanol–water partition coefficient (Wildman–Crippen LogP) is 4.30. The zero-order valence-corrected chi connectivity index (χ0v) is 20.1. The van der Waals surface area contributed by atoms with Crippen molar-refractivity contribution in [3.8, 4) is 0 Å². The van der Waals surface area contributed by atoms with Gasteiger partial charge < -0.3 is 15.5 Å². The number of rotatable bonds is 7. The molecule has 0 saturated carbocycles. The number of likely N-dealkylation sites (N-methyl/N-ethyl adjacent to an activating group) is 1. The van der Waals surface area contributed by atoms with Crippen LogP contribution in [0.25, 0.3) is 6.08 Å². The monoisotopic (exact) mass is 466 g/mol. The lowest BCUT2D eigenvalue weighted by molar-refractivity contribution is -0.122. The Morgan fingerprint density at radius 1 is 1.00 bits per heavy atom. The van der Waals surface area contributed by atoms with E-state index in [9.17, 15) is 9.59 Å². The van der Waals surface area contributed by atoms with Gasteiger partial charge in [-0.1, -0.05) is 60.7 Å². The van der Waals surface area contributed by atoms with E-state index < -0.39 is 0 Å². The van der Waals surface area contributed by atoms with E-state index in [-0.39, 0.29) is 18.4 Å². The molecule has 0 fully saturated rings. The van der Waals surface area contributed by atoms with Crippen molar-refractivity contribution in [3.05, 3.63) is 101 Å². The molecule has 1 aliphatic heterocycles. The summed E-state index contributed by atoms with van der Waals surface area (Å²) in [6.45, 7) is 2.92. The third-order valence-electron chi connectivity index (χ3n) is 5.89. The molecule has 0 bridgehead atoms. The van der Waals surface area contributed by atoms with Gasteiger partial charge in [-0.15, -0.1) is 0 Å². The fourth-order valence-corrected chi connectivity index (χ4v) is 4.07. The van der Waals surface area contributed by atoms with Crippen LogP contribution in [0.3, 0.4) is 0 Å². The first-order valence-corrected chi connectivity index (χ1v) is 11.7. The number of fused-ring (bicyclic) bond motifs is 1. The molecule has 1 heterocycles. The summed E-state index contributed by atoms with van der Waals surface area (Å²) in [7, 11) is 2.09. The normalized spacial score (nSPS) is 13.1. The summed E-state index contributed by atoms with van der Waals surface area (Å²) in [4.78, 5) is 30.4. The lowest BCUT2D eigenvalue weighted by Crippen LogP contribution is -2.31. The van der Waals surface area contributed by atoms with Crippen LogP contribution in [0.15, 0.2) is 83.9 Å². The molecule has 0 aliphatic carbocycles. The number of para-hydroxylation sites is 1.